The molecule has 2 unspecified atom stereocenters. The smallest absolute Gasteiger partial charge is 0.317 e. The summed E-state index contributed by atoms with van der Waals surface area (Å²) in [6.07, 6.45) is 4.55. The van der Waals surface area contributed by atoms with Crippen LogP contribution in [0.2, 0.25) is 0 Å². The zero-order chi connectivity index (χ0) is 22.9. The number of hydrogen-bond acceptors (Lipinski definition) is 2. The normalized spacial score (nSPS) is 18.3. The number of hydrogen-bond donors (Lipinski definition) is 2. The summed E-state index contributed by atoms with van der Waals surface area (Å²) < 4.78 is 0. The Kier molecular flexibility index (Phi) is 8.72. The van der Waals surface area contributed by atoms with Crippen molar-refractivity contribution in [2.75, 3.05) is 13.1 Å². The largest absolute Gasteiger partial charge is 0.352 e. The van der Waals surface area contributed by atoms with Gasteiger partial charge >= 0.3 is 6.03 Å². The third-order valence-corrected chi connectivity index (χ3v) is 6.34. The molecule has 172 valence electrons. The molecule has 0 spiro atoms. The van der Waals surface area contributed by atoms with Crippen molar-refractivity contribution in [2.45, 2.75) is 65.5 Å². The number of nitrogens with one attached hydrogen (secondary N) is 2. The van der Waals surface area contributed by atoms with Gasteiger partial charge in [-0.3, -0.25) is 4.79 Å². The van der Waals surface area contributed by atoms with E-state index in [-0.39, 0.29) is 23.9 Å². The van der Waals surface area contributed by atoms with E-state index in [4.69, 9.17) is 0 Å². The number of amides is 3. The van der Waals surface area contributed by atoms with Crippen LogP contribution in [-0.4, -0.2) is 29.9 Å². The third kappa shape index (κ3) is 6.35. The molecule has 0 bridgehead atoms. The van der Waals surface area contributed by atoms with Gasteiger partial charge in [-0.25, -0.2) is 4.79 Å². The first-order valence-electron chi connectivity index (χ1n) is 12.0. The lowest BCUT2D eigenvalue weighted by Gasteiger charge is -2.39. The fraction of sp³-hybridized carbons (Fsp3) is 0.481. The number of urea groups is 1. The van der Waals surface area contributed by atoms with Crippen LogP contribution in [0.25, 0.3) is 0 Å². The van der Waals surface area contributed by atoms with Crippen LogP contribution >= 0.6 is 0 Å². The van der Waals surface area contributed by atoms with E-state index in [2.05, 4.69) is 67.8 Å². The van der Waals surface area contributed by atoms with Crippen LogP contribution in [0.1, 0.15) is 67.8 Å². The van der Waals surface area contributed by atoms with E-state index in [9.17, 15) is 9.59 Å². The summed E-state index contributed by atoms with van der Waals surface area (Å²) in [5.41, 5.74) is 4.71. The van der Waals surface area contributed by atoms with Crippen LogP contribution in [0, 0.1) is 12.8 Å². The summed E-state index contributed by atoms with van der Waals surface area (Å²) in [5.74, 6) is -0.166. The van der Waals surface area contributed by atoms with E-state index in [1.807, 2.05) is 17.0 Å². The van der Waals surface area contributed by atoms with E-state index in [1.165, 1.54) is 11.1 Å². The first-order chi connectivity index (χ1) is 15.5. The molecule has 2 aromatic carbocycles. The zero-order valence-electron chi connectivity index (χ0n) is 19.7. The molecule has 3 rings (SSSR count). The number of unbranched alkanes of at least 4 members (excludes halogenated alkanes) is 1. The molecule has 1 heterocycles. The van der Waals surface area contributed by atoms with Crippen LogP contribution in [-0.2, 0) is 17.8 Å². The maximum atomic E-state index is 13.0. The van der Waals surface area contributed by atoms with Gasteiger partial charge in [0.15, 0.2) is 0 Å². The Bertz CT molecular complexity index is 894. The molecule has 0 radical (unpaired) electrons. The molecule has 5 nitrogen and oxygen atoms in total. The Hall–Kier alpha value is -2.82. The number of likely N-dealkylation sites (tertiary alicyclic amines) is 1. The summed E-state index contributed by atoms with van der Waals surface area (Å²) in [5, 5.41) is 6.13. The van der Waals surface area contributed by atoms with Crippen molar-refractivity contribution in [1.82, 2.24) is 15.5 Å². The molecular weight excluding hydrogens is 398 g/mol. The molecule has 0 aromatic heterocycles. The SMILES string of the molecule is CCCCNC(=O)N1CC(C(=O)NCc2cccc(C)c2)CCC1c1ccc(CC)cc1. The minimum absolute atomic E-state index is 0.00311. The predicted molar refractivity (Wildman–Crippen MR) is 129 cm³/mol. The van der Waals surface area contributed by atoms with E-state index in [0.29, 0.717) is 19.6 Å². The lowest BCUT2D eigenvalue weighted by Crippen LogP contribution is -2.50. The molecule has 2 aromatic rings. The fourth-order valence-electron chi connectivity index (χ4n) is 4.36. The average Bonchev–Trinajstić information content (AvgIpc) is 2.82. The topological polar surface area (TPSA) is 61.4 Å². The van der Waals surface area contributed by atoms with Crippen molar-refractivity contribution in [3.63, 3.8) is 0 Å². The highest BCUT2D eigenvalue weighted by Gasteiger charge is 2.35. The average molecular weight is 436 g/mol. The second-order valence-corrected chi connectivity index (χ2v) is 8.83. The maximum absolute atomic E-state index is 13.0. The van der Waals surface area contributed by atoms with Gasteiger partial charge in [-0.05, 0) is 49.3 Å². The molecule has 1 aliphatic heterocycles. The van der Waals surface area contributed by atoms with Crippen molar-refractivity contribution in [3.05, 3.63) is 70.8 Å². The Balaban J connectivity index is 1.68. The van der Waals surface area contributed by atoms with Gasteiger partial charge in [0.25, 0.3) is 0 Å². The molecule has 5 heteroatoms. The van der Waals surface area contributed by atoms with Gasteiger partial charge in [-0.1, -0.05) is 74.4 Å². The number of benzene rings is 2. The van der Waals surface area contributed by atoms with Gasteiger partial charge in [0.2, 0.25) is 5.91 Å². The molecule has 3 amide bonds. The highest BCUT2D eigenvalue weighted by molar-refractivity contribution is 5.81. The summed E-state index contributed by atoms with van der Waals surface area (Å²) in [4.78, 5) is 27.9. The number of carbonyl (C=O) groups is 2. The number of carbonyl (C=O) groups excluding carboxylic acids is 2. The van der Waals surface area contributed by atoms with Crippen LogP contribution in [0.4, 0.5) is 4.79 Å². The van der Waals surface area contributed by atoms with Crippen molar-refractivity contribution >= 4 is 11.9 Å². The Morgan fingerprint density at radius 2 is 1.78 bits per heavy atom. The van der Waals surface area contributed by atoms with Crippen molar-refractivity contribution in [1.29, 1.82) is 0 Å². The lowest BCUT2D eigenvalue weighted by atomic mass is 9.88. The van der Waals surface area contributed by atoms with Crippen LogP contribution < -0.4 is 10.6 Å². The quantitative estimate of drug-likeness (QED) is 0.564. The van der Waals surface area contributed by atoms with Gasteiger partial charge in [-0.15, -0.1) is 0 Å². The molecule has 2 atom stereocenters. The molecule has 1 fully saturated rings. The minimum Gasteiger partial charge on any atom is -0.352 e. The Morgan fingerprint density at radius 1 is 1.00 bits per heavy atom. The molecular formula is C27H37N3O2. The first-order valence-corrected chi connectivity index (χ1v) is 12.0. The number of piperidine rings is 1. The summed E-state index contributed by atoms with van der Waals surface area (Å²) in [7, 11) is 0. The zero-order valence-corrected chi connectivity index (χ0v) is 19.7. The highest BCUT2D eigenvalue weighted by Crippen LogP contribution is 2.34. The number of rotatable bonds is 8. The third-order valence-electron chi connectivity index (χ3n) is 6.34. The van der Waals surface area contributed by atoms with Crippen molar-refractivity contribution in [3.8, 4) is 0 Å². The van der Waals surface area contributed by atoms with Gasteiger partial charge < -0.3 is 15.5 Å². The lowest BCUT2D eigenvalue weighted by molar-refractivity contribution is -0.126. The molecule has 0 saturated carbocycles. The van der Waals surface area contributed by atoms with Gasteiger partial charge in [0.1, 0.15) is 0 Å². The molecule has 1 aliphatic rings. The van der Waals surface area contributed by atoms with E-state index < -0.39 is 0 Å². The van der Waals surface area contributed by atoms with Crippen LogP contribution in [0.3, 0.4) is 0 Å². The number of nitrogens with zero attached hydrogens (tertiary/aromatic N) is 1. The van der Waals surface area contributed by atoms with Crippen molar-refractivity contribution in [2.24, 2.45) is 5.92 Å². The summed E-state index contributed by atoms with van der Waals surface area (Å²) in [6, 6.07) is 16.7. The summed E-state index contributed by atoms with van der Waals surface area (Å²) >= 11 is 0. The molecule has 2 N–H and O–H groups in total. The second-order valence-electron chi connectivity index (χ2n) is 8.83. The molecule has 1 saturated heterocycles. The highest BCUT2D eigenvalue weighted by atomic mass is 16.2. The monoisotopic (exact) mass is 435 g/mol. The van der Waals surface area contributed by atoms with Crippen molar-refractivity contribution < 1.29 is 9.59 Å². The standard InChI is InChI=1S/C27H37N3O2/c1-4-6-16-28-27(32)30-19-24(26(31)29-18-22-9-7-8-20(3)17-22)14-15-25(30)23-12-10-21(5-2)11-13-23/h7-13,17,24-25H,4-6,14-16,18-19H2,1-3H3,(H,28,32)(H,29,31). The van der Waals surface area contributed by atoms with E-state index in [1.54, 1.807) is 0 Å². The second kappa shape index (κ2) is 11.7. The van der Waals surface area contributed by atoms with Crippen LogP contribution in [0.15, 0.2) is 48.5 Å². The van der Waals surface area contributed by atoms with Crippen LogP contribution in [0.5, 0.6) is 0 Å². The van der Waals surface area contributed by atoms with Gasteiger partial charge in [0.05, 0.1) is 12.0 Å². The number of aryl methyl sites for hydroxylation is 2. The van der Waals surface area contributed by atoms with E-state index >= 15 is 0 Å². The predicted octanol–water partition coefficient (Wildman–Crippen LogP) is 5.14. The van der Waals surface area contributed by atoms with Gasteiger partial charge in [-0.2, -0.15) is 0 Å². The minimum atomic E-state index is -0.192. The Labute approximate surface area is 192 Å². The van der Waals surface area contributed by atoms with Gasteiger partial charge in [0, 0.05) is 19.6 Å². The fourth-order valence-corrected chi connectivity index (χ4v) is 4.36. The summed E-state index contributed by atoms with van der Waals surface area (Å²) in [6.45, 7) is 7.93. The first kappa shape index (κ1) is 23.8. The Morgan fingerprint density at radius 3 is 2.47 bits per heavy atom. The maximum Gasteiger partial charge on any atom is 0.317 e. The molecule has 32 heavy (non-hydrogen) atoms. The molecule has 0 aliphatic carbocycles. The van der Waals surface area contributed by atoms with E-state index in [0.717, 1.165) is 43.2 Å².